The second-order valence-corrected chi connectivity index (χ2v) is 5.16. The Balaban J connectivity index is 1.82. The quantitative estimate of drug-likeness (QED) is 0.617. The highest BCUT2D eigenvalue weighted by Crippen LogP contribution is 2.18. The zero-order chi connectivity index (χ0) is 16.9. The van der Waals surface area contributed by atoms with Crippen molar-refractivity contribution in [3.63, 3.8) is 0 Å². The summed E-state index contributed by atoms with van der Waals surface area (Å²) >= 11 is 0. The van der Waals surface area contributed by atoms with Crippen LogP contribution in [0.2, 0.25) is 0 Å². The first-order chi connectivity index (χ1) is 11.6. The van der Waals surface area contributed by atoms with Gasteiger partial charge in [0.1, 0.15) is 11.6 Å². The topological polar surface area (TPSA) is 29.6 Å². The van der Waals surface area contributed by atoms with Crippen LogP contribution in [0.3, 0.4) is 0 Å². The minimum atomic E-state index is -0.371. The first-order valence-electron chi connectivity index (χ1n) is 7.38. The van der Waals surface area contributed by atoms with Crippen LogP contribution < -0.4 is 0 Å². The highest BCUT2D eigenvalue weighted by molar-refractivity contribution is 5.86. The van der Waals surface area contributed by atoms with Crippen molar-refractivity contribution in [2.75, 3.05) is 0 Å². The van der Waals surface area contributed by atoms with Crippen molar-refractivity contribution < 1.29 is 8.78 Å². The molecule has 0 unspecified atom stereocenters. The third-order valence-electron chi connectivity index (χ3n) is 3.58. The van der Waals surface area contributed by atoms with E-state index in [4.69, 9.17) is 0 Å². The molecular weight excluding hydrogens is 308 g/mol. The van der Waals surface area contributed by atoms with Crippen LogP contribution in [0.4, 0.5) is 20.2 Å². The fraction of sp³-hybridized carbons (Fsp3) is 0.0526. The van der Waals surface area contributed by atoms with E-state index in [-0.39, 0.29) is 23.0 Å². The SMILES string of the molecule is Cn1c(C=Nc2ccccc2F)ccc1C=Nc1ccccc1F. The molecule has 1 aromatic heterocycles. The summed E-state index contributed by atoms with van der Waals surface area (Å²) < 4.78 is 29.0. The summed E-state index contributed by atoms with van der Waals surface area (Å²) in [5.74, 6) is -0.742. The summed E-state index contributed by atoms with van der Waals surface area (Å²) in [6.07, 6.45) is 3.16. The Morgan fingerprint density at radius 3 is 1.54 bits per heavy atom. The van der Waals surface area contributed by atoms with E-state index in [1.54, 1.807) is 48.8 Å². The molecule has 5 heteroatoms. The fourth-order valence-corrected chi connectivity index (χ4v) is 2.19. The van der Waals surface area contributed by atoms with Crippen molar-refractivity contribution in [1.82, 2.24) is 4.57 Å². The molecule has 1 heterocycles. The Hall–Kier alpha value is -3.08. The summed E-state index contributed by atoms with van der Waals surface area (Å²) in [4.78, 5) is 8.31. The minimum absolute atomic E-state index is 0.278. The van der Waals surface area contributed by atoms with Gasteiger partial charge in [-0.05, 0) is 36.4 Å². The molecule has 24 heavy (non-hydrogen) atoms. The molecule has 0 N–H and O–H groups in total. The van der Waals surface area contributed by atoms with Crippen molar-refractivity contribution in [2.45, 2.75) is 0 Å². The van der Waals surface area contributed by atoms with E-state index in [2.05, 4.69) is 9.98 Å². The maximum Gasteiger partial charge on any atom is 0.148 e. The van der Waals surface area contributed by atoms with Gasteiger partial charge in [0.15, 0.2) is 0 Å². The van der Waals surface area contributed by atoms with Crippen LogP contribution in [-0.2, 0) is 7.05 Å². The van der Waals surface area contributed by atoms with Gasteiger partial charge in [-0.1, -0.05) is 24.3 Å². The van der Waals surface area contributed by atoms with Gasteiger partial charge >= 0.3 is 0 Å². The normalized spacial score (nSPS) is 11.6. The van der Waals surface area contributed by atoms with E-state index in [0.717, 1.165) is 11.4 Å². The minimum Gasteiger partial charge on any atom is -0.342 e. The number of aliphatic imine (C=N–C) groups is 2. The molecule has 0 bridgehead atoms. The molecule has 3 aromatic rings. The van der Waals surface area contributed by atoms with Crippen molar-refractivity contribution in [2.24, 2.45) is 17.0 Å². The third kappa shape index (κ3) is 3.46. The van der Waals surface area contributed by atoms with Gasteiger partial charge < -0.3 is 4.57 Å². The van der Waals surface area contributed by atoms with Crippen LogP contribution in [0.5, 0.6) is 0 Å². The molecule has 3 nitrogen and oxygen atoms in total. The van der Waals surface area contributed by atoms with E-state index in [1.165, 1.54) is 12.1 Å². The monoisotopic (exact) mass is 323 g/mol. The summed E-state index contributed by atoms with van der Waals surface area (Å²) in [5.41, 5.74) is 2.13. The number of rotatable bonds is 4. The van der Waals surface area contributed by atoms with Crippen LogP contribution in [0.1, 0.15) is 11.4 Å². The molecule has 0 aliphatic carbocycles. The number of benzene rings is 2. The molecular formula is C19H15F2N3. The Bertz CT molecular complexity index is 837. The fourth-order valence-electron chi connectivity index (χ4n) is 2.19. The second kappa shape index (κ2) is 7.00. The Kier molecular flexibility index (Phi) is 4.61. The molecule has 0 spiro atoms. The van der Waals surface area contributed by atoms with E-state index in [9.17, 15) is 8.78 Å². The van der Waals surface area contributed by atoms with E-state index >= 15 is 0 Å². The van der Waals surface area contributed by atoms with Crippen LogP contribution in [0, 0.1) is 11.6 Å². The Labute approximate surface area is 138 Å². The molecule has 0 amide bonds. The van der Waals surface area contributed by atoms with Crippen molar-refractivity contribution >= 4 is 23.8 Å². The van der Waals surface area contributed by atoms with Crippen LogP contribution in [0.15, 0.2) is 70.6 Å². The average Bonchev–Trinajstić information content (AvgIpc) is 2.94. The van der Waals surface area contributed by atoms with Gasteiger partial charge in [-0.15, -0.1) is 0 Å². The van der Waals surface area contributed by atoms with Crippen LogP contribution in [-0.4, -0.2) is 17.0 Å². The van der Waals surface area contributed by atoms with E-state index < -0.39 is 0 Å². The molecule has 0 fully saturated rings. The number of aromatic nitrogens is 1. The lowest BCUT2D eigenvalue weighted by molar-refractivity contribution is 0.630. The standard InChI is InChI=1S/C19H15F2N3/c1-24-14(12-22-18-8-4-2-6-16(18)20)10-11-15(24)13-23-19-9-5-3-7-17(19)21/h2-13H,1H3. The van der Waals surface area contributed by atoms with Crippen molar-refractivity contribution in [3.8, 4) is 0 Å². The first kappa shape index (κ1) is 15.8. The summed E-state index contributed by atoms with van der Waals surface area (Å²) in [7, 11) is 1.84. The molecule has 0 saturated carbocycles. The van der Waals surface area contributed by atoms with Gasteiger partial charge in [0.25, 0.3) is 0 Å². The van der Waals surface area contributed by atoms with E-state index in [0.29, 0.717) is 0 Å². The van der Waals surface area contributed by atoms with Gasteiger partial charge in [0, 0.05) is 7.05 Å². The van der Waals surface area contributed by atoms with Crippen molar-refractivity contribution in [3.05, 3.63) is 83.7 Å². The third-order valence-corrected chi connectivity index (χ3v) is 3.58. The van der Waals surface area contributed by atoms with Crippen LogP contribution >= 0.6 is 0 Å². The largest absolute Gasteiger partial charge is 0.342 e. The molecule has 3 rings (SSSR count). The predicted molar refractivity (Wildman–Crippen MR) is 92.7 cm³/mol. The van der Waals surface area contributed by atoms with Gasteiger partial charge in [0.2, 0.25) is 0 Å². The first-order valence-corrected chi connectivity index (χ1v) is 7.38. The maximum atomic E-state index is 13.6. The zero-order valence-corrected chi connectivity index (χ0v) is 13.0. The molecule has 0 atom stereocenters. The number of nitrogens with zero attached hydrogens (tertiary/aromatic N) is 3. The number of halogens is 2. The summed E-state index contributed by atoms with van der Waals surface area (Å²) in [5, 5.41) is 0. The van der Waals surface area contributed by atoms with Gasteiger partial charge in [0.05, 0.1) is 35.2 Å². The molecule has 120 valence electrons. The van der Waals surface area contributed by atoms with E-state index in [1.807, 2.05) is 23.7 Å². The summed E-state index contributed by atoms with van der Waals surface area (Å²) in [6.45, 7) is 0. The highest BCUT2D eigenvalue weighted by atomic mass is 19.1. The number of hydrogen-bond donors (Lipinski definition) is 0. The maximum absolute atomic E-state index is 13.6. The average molecular weight is 323 g/mol. The van der Waals surface area contributed by atoms with Crippen LogP contribution in [0.25, 0.3) is 0 Å². The summed E-state index contributed by atoms with van der Waals surface area (Å²) in [6, 6.07) is 16.3. The van der Waals surface area contributed by atoms with Gasteiger partial charge in [-0.25, -0.2) is 8.78 Å². The second-order valence-electron chi connectivity index (χ2n) is 5.16. The lowest BCUT2D eigenvalue weighted by Crippen LogP contribution is -1.99. The lowest BCUT2D eigenvalue weighted by Gasteiger charge is -2.01. The Morgan fingerprint density at radius 2 is 1.12 bits per heavy atom. The Morgan fingerprint density at radius 1 is 0.708 bits per heavy atom. The van der Waals surface area contributed by atoms with Crippen molar-refractivity contribution in [1.29, 1.82) is 0 Å². The molecule has 0 aliphatic rings. The lowest BCUT2D eigenvalue weighted by atomic mass is 10.3. The molecule has 0 saturated heterocycles. The number of para-hydroxylation sites is 2. The van der Waals surface area contributed by atoms with Gasteiger partial charge in [-0.3, -0.25) is 9.98 Å². The number of hydrogen-bond acceptors (Lipinski definition) is 2. The zero-order valence-electron chi connectivity index (χ0n) is 13.0. The predicted octanol–water partition coefficient (Wildman–Crippen LogP) is 4.80. The molecule has 0 radical (unpaired) electrons. The smallest absolute Gasteiger partial charge is 0.148 e. The highest BCUT2D eigenvalue weighted by Gasteiger charge is 2.03. The molecule has 0 aliphatic heterocycles. The molecule has 2 aromatic carbocycles. The van der Waals surface area contributed by atoms with Gasteiger partial charge in [-0.2, -0.15) is 0 Å².